The number of aliphatic imine (C=N–C) groups is 1. The van der Waals surface area contributed by atoms with Crippen molar-refractivity contribution in [3.05, 3.63) is 29.8 Å². The summed E-state index contributed by atoms with van der Waals surface area (Å²) >= 11 is 1.30. The Hall–Kier alpha value is -2.07. The number of amidine groups is 1. The number of ether oxygens (including phenoxy) is 1. The lowest BCUT2D eigenvalue weighted by molar-refractivity contribution is -0.117. The van der Waals surface area contributed by atoms with Gasteiger partial charge in [0.25, 0.3) is 5.91 Å². The van der Waals surface area contributed by atoms with E-state index in [9.17, 15) is 18.0 Å². The number of rotatable bonds is 4. The van der Waals surface area contributed by atoms with Gasteiger partial charge >= 0.3 is 6.09 Å². The number of hydrogen-bond acceptors (Lipinski definition) is 6. The molecule has 3 rings (SSSR count). The molecule has 2 saturated heterocycles. The van der Waals surface area contributed by atoms with E-state index < -0.39 is 27.4 Å². The van der Waals surface area contributed by atoms with Crippen molar-refractivity contribution in [2.75, 3.05) is 23.0 Å². The van der Waals surface area contributed by atoms with Crippen molar-refractivity contribution in [1.29, 1.82) is 0 Å². The number of thioether (sulfide) groups is 1. The third-order valence-corrected chi connectivity index (χ3v) is 8.12. The highest BCUT2D eigenvalue weighted by atomic mass is 32.2. The zero-order valence-corrected chi connectivity index (χ0v) is 20.0. The number of hydrogen-bond donors (Lipinski definition) is 1. The number of benzene rings is 1. The topological polar surface area (TPSA) is 105 Å². The predicted molar refractivity (Wildman–Crippen MR) is 124 cm³/mol. The summed E-state index contributed by atoms with van der Waals surface area (Å²) in [5.74, 6) is -0.0676. The first-order valence-corrected chi connectivity index (χ1v) is 12.9. The van der Waals surface area contributed by atoms with Gasteiger partial charge < -0.3 is 15.0 Å². The Bertz CT molecular complexity index is 981. The highest BCUT2D eigenvalue weighted by Crippen LogP contribution is 2.41. The second-order valence-corrected chi connectivity index (χ2v) is 12.4. The van der Waals surface area contributed by atoms with E-state index in [1.807, 2.05) is 29.2 Å². The van der Waals surface area contributed by atoms with Gasteiger partial charge in [-0.1, -0.05) is 37.7 Å². The van der Waals surface area contributed by atoms with Crippen molar-refractivity contribution in [3.8, 4) is 0 Å². The van der Waals surface area contributed by atoms with Crippen molar-refractivity contribution in [2.45, 2.75) is 57.4 Å². The van der Waals surface area contributed by atoms with Crippen molar-refractivity contribution in [2.24, 2.45) is 4.99 Å². The van der Waals surface area contributed by atoms with E-state index in [4.69, 9.17) is 4.74 Å². The van der Waals surface area contributed by atoms with Crippen molar-refractivity contribution in [3.63, 3.8) is 0 Å². The number of nitrogens with zero attached hydrogens (tertiary/aromatic N) is 2. The summed E-state index contributed by atoms with van der Waals surface area (Å²) in [4.78, 5) is 30.2. The van der Waals surface area contributed by atoms with Gasteiger partial charge in [0, 0.05) is 10.9 Å². The monoisotopic (exact) mass is 467 g/mol. The number of carbonyl (C=O) groups is 2. The predicted octanol–water partition coefficient (Wildman–Crippen LogP) is 2.94. The first kappa shape index (κ1) is 23.6. The highest BCUT2D eigenvalue weighted by molar-refractivity contribution is 8.16. The molecule has 170 valence electrons. The lowest BCUT2D eigenvalue weighted by Gasteiger charge is -2.25. The summed E-state index contributed by atoms with van der Waals surface area (Å²) in [5, 5.41) is 2.69. The molecular weight excluding hydrogens is 438 g/mol. The van der Waals surface area contributed by atoms with Gasteiger partial charge in [0.05, 0.1) is 17.5 Å². The fraction of sp³-hybridized carbons (Fsp3) is 0.571. The molecule has 2 atom stereocenters. The van der Waals surface area contributed by atoms with Crippen LogP contribution in [0.15, 0.2) is 29.3 Å². The van der Waals surface area contributed by atoms with Gasteiger partial charge in [0.1, 0.15) is 12.1 Å². The van der Waals surface area contributed by atoms with E-state index >= 15 is 0 Å². The second-order valence-electron chi connectivity index (χ2n) is 9.06. The van der Waals surface area contributed by atoms with Crippen LogP contribution in [-0.4, -0.2) is 60.5 Å². The van der Waals surface area contributed by atoms with E-state index in [2.05, 4.69) is 24.2 Å². The molecule has 1 N–H and O–H groups in total. The van der Waals surface area contributed by atoms with Crippen LogP contribution in [0, 0.1) is 0 Å². The molecule has 8 nitrogen and oxygen atoms in total. The van der Waals surface area contributed by atoms with E-state index in [0.29, 0.717) is 11.1 Å². The van der Waals surface area contributed by atoms with Gasteiger partial charge in [0.2, 0.25) is 0 Å². The Morgan fingerprint density at radius 1 is 1.23 bits per heavy atom. The maximum absolute atomic E-state index is 12.4. The Kier molecular flexibility index (Phi) is 6.71. The van der Waals surface area contributed by atoms with Gasteiger partial charge in [-0.2, -0.15) is 4.99 Å². The number of fused-ring (bicyclic) bond motifs is 1. The standard InChI is InChI=1S/C21H29N3O5S2/c1-13(2)14-6-8-15(9-7-14)24-16-11-31(27,28)12-17(16)30-19(24)23-18(25)10-22-20(26)29-21(3,4)5/h6-9,13,16-17H,10-12H2,1-5H3,(H,22,26). The van der Waals surface area contributed by atoms with E-state index in [1.54, 1.807) is 20.8 Å². The Balaban J connectivity index is 1.79. The maximum Gasteiger partial charge on any atom is 0.408 e. The normalized spacial score (nSPS) is 23.8. The number of nitrogens with one attached hydrogen (secondary N) is 1. The van der Waals surface area contributed by atoms with Crippen molar-refractivity contribution >= 4 is 44.5 Å². The minimum absolute atomic E-state index is 0.0277. The molecule has 0 bridgehead atoms. The zero-order valence-electron chi connectivity index (χ0n) is 18.4. The molecule has 2 amide bonds. The van der Waals surface area contributed by atoms with Crippen LogP contribution in [0.4, 0.5) is 10.5 Å². The van der Waals surface area contributed by atoms with Crippen molar-refractivity contribution < 1.29 is 22.7 Å². The molecule has 0 aliphatic carbocycles. The molecule has 0 saturated carbocycles. The molecule has 2 aliphatic heterocycles. The summed E-state index contributed by atoms with van der Waals surface area (Å²) in [6.45, 7) is 9.11. The van der Waals surface area contributed by atoms with Crippen LogP contribution >= 0.6 is 11.8 Å². The zero-order chi connectivity index (χ0) is 23.0. The summed E-state index contributed by atoms with van der Waals surface area (Å²) < 4.78 is 29.5. The first-order valence-electron chi connectivity index (χ1n) is 10.2. The quantitative estimate of drug-likeness (QED) is 0.726. The van der Waals surface area contributed by atoms with Gasteiger partial charge in [-0.15, -0.1) is 0 Å². The summed E-state index contributed by atoms with van der Waals surface area (Å²) in [7, 11) is -3.13. The van der Waals surface area contributed by atoms with Crippen LogP contribution in [0.1, 0.15) is 46.1 Å². The van der Waals surface area contributed by atoms with E-state index in [1.165, 1.54) is 17.3 Å². The fourth-order valence-electron chi connectivity index (χ4n) is 3.49. The van der Waals surface area contributed by atoms with Gasteiger partial charge in [-0.25, -0.2) is 13.2 Å². The van der Waals surface area contributed by atoms with Gasteiger partial charge in [-0.05, 0) is 44.4 Å². The molecule has 0 radical (unpaired) electrons. The van der Waals surface area contributed by atoms with Gasteiger partial charge in [-0.3, -0.25) is 4.79 Å². The molecule has 2 heterocycles. The average Bonchev–Trinajstić information content (AvgIpc) is 3.09. The average molecular weight is 468 g/mol. The second kappa shape index (κ2) is 8.82. The molecule has 2 aliphatic rings. The van der Waals surface area contributed by atoms with Gasteiger partial charge in [0.15, 0.2) is 15.0 Å². The number of amides is 2. The third-order valence-electron chi connectivity index (χ3n) is 4.91. The minimum atomic E-state index is -3.13. The van der Waals surface area contributed by atoms with Crippen LogP contribution in [0.3, 0.4) is 0 Å². The van der Waals surface area contributed by atoms with Crippen LogP contribution in [0.5, 0.6) is 0 Å². The highest BCUT2D eigenvalue weighted by Gasteiger charge is 2.49. The van der Waals surface area contributed by atoms with Crippen LogP contribution in [0.2, 0.25) is 0 Å². The lowest BCUT2D eigenvalue weighted by atomic mass is 10.0. The fourth-order valence-corrected chi connectivity index (χ4v) is 7.43. The SMILES string of the molecule is CC(C)c1ccc(N2C(=NC(=O)CNC(=O)OC(C)(C)C)SC3CS(=O)(=O)CC32)cc1. The molecule has 1 aromatic carbocycles. The number of carbonyl (C=O) groups excluding carboxylic acids is 2. The molecule has 0 aromatic heterocycles. The lowest BCUT2D eigenvalue weighted by Crippen LogP contribution is -2.38. The largest absolute Gasteiger partial charge is 0.444 e. The molecule has 0 spiro atoms. The van der Waals surface area contributed by atoms with Crippen LogP contribution in [0.25, 0.3) is 0 Å². The number of sulfone groups is 1. The van der Waals surface area contributed by atoms with E-state index in [0.717, 1.165) is 5.69 Å². The summed E-state index contributed by atoms with van der Waals surface area (Å²) in [5.41, 5.74) is 1.30. The summed E-state index contributed by atoms with van der Waals surface area (Å²) in [6, 6.07) is 7.60. The van der Waals surface area contributed by atoms with Crippen LogP contribution in [-0.2, 0) is 19.4 Å². The smallest absolute Gasteiger partial charge is 0.408 e. The Labute approximate surface area is 187 Å². The van der Waals surface area contributed by atoms with E-state index in [-0.39, 0.29) is 29.3 Å². The molecule has 31 heavy (non-hydrogen) atoms. The molecule has 1 aromatic rings. The third kappa shape index (κ3) is 6.00. The Morgan fingerprint density at radius 2 is 1.87 bits per heavy atom. The molecular formula is C21H29N3O5S2. The summed E-state index contributed by atoms with van der Waals surface area (Å²) in [6.07, 6.45) is -0.691. The Morgan fingerprint density at radius 3 is 2.45 bits per heavy atom. The molecule has 2 unspecified atom stereocenters. The van der Waals surface area contributed by atoms with Crippen molar-refractivity contribution in [1.82, 2.24) is 5.32 Å². The first-order chi connectivity index (χ1) is 14.3. The number of alkyl carbamates (subject to hydrolysis) is 1. The number of anilines is 1. The maximum atomic E-state index is 12.4. The molecule has 10 heteroatoms. The van der Waals surface area contributed by atoms with Crippen LogP contribution < -0.4 is 10.2 Å². The minimum Gasteiger partial charge on any atom is -0.444 e. The molecule has 2 fully saturated rings.